The van der Waals surface area contributed by atoms with Crippen molar-refractivity contribution in [1.29, 1.82) is 0 Å². The van der Waals surface area contributed by atoms with Crippen molar-refractivity contribution >= 4 is 11.8 Å². The molecule has 0 aliphatic rings. The van der Waals surface area contributed by atoms with E-state index in [2.05, 4.69) is 11.7 Å². The second-order valence-electron chi connectivity index (χ2n) is 4.49. The van der Waals surface area contributed by atoms with E-state index in [-0.39, 0.29) is 5.97 Å². The van der Waals surface area contributed by atoms with Crippen LogP contribution in [0, 0.1) is 0 Å². The average molecular weight is 242 g/mol. The highest BCUT2D eigenvalue weighted by molar-refractivity contribution is 5.78. The number of rotatable bonds is 11. The molecule has 0 saturated heterocycles. The molecule has 0 saturated carbocycles. The largest absolute Gasteiger partial charge is 0.469 e. The topological polar surface area (TPSA) is 43.4 Å². The molecule has 0 amide bonds. The molecule has 0 radical (unpaired) electrons. The Kier molecular flexibility index (Phi) is 11.0. The molecule has 0 heterocycles. The number of ketones is 1. The van der Waals surface area contributed by atoms with E-state index in [9.17, 15) is 9.59 Å². The van der Waals surface area contributed by atoms with Gasteiger partial charge in [-0.1, -0.05) is 32.6 Å². The molecule has 0 aromatic carbocycles. The minimum absolute atomic E-state index is 0.183. The zero-order valence-electron chi connectivity index (χ0n) is 11.3. The third-order valence-electron chi connectivity index (χ3n) is 2.87. The fourth-order valence-corrected chi connectivity index (χ4v) is 1.74. The number of unbranched alkanes of at least 4 members (excludes halogenated alkanes) is 5. The standard InChI is InChI=1S/C14H26O3/c1-3-4-5-6-7-10-13(15)11-8-9-12-14(16)17-2/h3-12H2,1-2H3. The highest BCUT2D eigenvalue weighted by Crippen LogP contribution is 2.09. The fraction of sp³-hybridized carbons (Fsp3) is 0.857. The first-order valence-electron chi connectivity index (χ1n) is 6.79. The van der Waals surface area contributed by atoms with Crippen LogP contribution in [-0.2, 0) is 14.3 Å². The zero-order chi connectivity index (χ0) is 12.9. The van der Waals surface area contributed by atoms with Crippen molar-refractivity contribution in [1.82, 2.24) is 0 Å². The van der Waals surface area contributed by atoms with Crippen LogP contribution in [0.2, 0.25) is 0 Å². The predicted octanol–water partition coefficient (Wildman–Crippen LogP) is 3.65. The Labute approximate surface area is 105 Å². The molecular weight excluding hydrogens is 216 g/mol. The molecule has 17 heavy (non-hydrogen) atoms. The second kappa shape index (κ2) is 11.6. The number of carbonyl (C=O) groups excluding carboxylic acids is 2. The van der Waals surface area contributed by atoms with Crippen LogP contribution in [0.25, 0.3) is 0 Å². The number of methoxy groups -OCH3 is 1. The molecule has 0 spiro atoms. The van der Waals surface area contributed by atoms with Gasteiger partial charge < -0.3 is 4.74 Å². The molecule has 0 N–H and O–H groups in total. The molecule has 100 valence electrons. The molecule has 0 aromatic rings. The minimum atomic E-state index is -0.183. The minimum Gasteiger partial charge on any atom is -0.469 e. The number of Topliss-reactive ketones (excluding diaryl/α,β-unsaturated/α-hetero) is 1. The Bertz CT molecular complexity index is 212. The number of esters is 1. The summed E-state index contributed by atoms with van der Waals surface area (Å²) in [6.45, 7) is 2.19. The van der Waals surface area contributed by atoms with Gasteiger partial charge in [0, 0.05) is 19.3 Å². The molecule has 0 aliphatic heterocycles. The van der Waals surface area contributed by atoms with Crippen LogP contribution in [0.15, 0.2) is 0 Å². The average Bonchev–Trinajstić information content (AvgIpc) is 2.34. The van der Waals surface area contributed by atoms with E-state index >= 15 is 0 Å². The molecule has 0 aliphatic carbocycles. The molecule has 0 rings (SSSR count). The lowest BCUT2D eigenvalue weighted by atomic mass is 10.0. The summed E-state index contributed by atoms with van der Waals surface area (Å²) in [5.41, 5.74) is 0. The summed E-state index contributed by atoms with van der Waals surface area (Å²) in [5.74, 6) is 0.156. The number of hydrogen-bond donors (Lipinski definition) is 0. The summed E-state index contributed by atoms with van der Waals surface area (Å²) >= 11 is 0. The van der Waals surface area contributed by atoms with E-state index in [4.69, 9.17) is 0 Å². The van der Waals surface area contributed by atoms with E-state index in [1.54, 1.807) is 0 Å². The summed E-state index contributed by atoms with van der Waals surface area (Å²) in [7, 11) is 1.39. The number of ether oxygens (including phenoxy) is 1. The van der Waals surface area contributed by atoms with Gasteiger partial charge in [0.2, 0.25) is 0 Å². The first kappa shape index (κ1) is 16.1. The van der Waals surface area contributed by atoms with Gasteiger partial charge in [-0.3, -0.25) is 9.59 Å². The van der Waals surface area contributed by atoms with Gasteiger partial charge in [0.15, 0.2) is 0 Å². The van der Waals surface area contributed by atoms with Crippen molar-refractivity contribution in [2.75, 3.05) is 7.11 Å². The summed E-state index contributed by atoms with van der Waals surface area (Å²) in [6, 6.07) is 0. The van der Waals surface area contributed by atoms with E-state index in [1.807, 2.05) is 0 Å². The fourth-order valence-electron chi connectivity index (χ4n) is 1.74. The van der Waals surface area contributed by atoms with Crippen LogP contribution in [0.1, 0.15) is 71.1 Å². The Morgan fingerprint density at radius 1 is 0.824 bits per heavy atom. The van der Waals surface area contributed by atoms with Crippen molar-refractivity contribution in [3.05, 3.63) is 0 Å². The first-order chi connectivity index (χ1) is 8.20. The van der Waals surface area contributed by atoms with E-state index < -0.39 is 0 Å². The quantitative estimate of drug-likeness (QED) is 0.410. The van der Waals surface area contributed by atoms with Gasteiger partial charge in [-0.15, -0.1) is 0 Å². The SMILES string of the molecule is CCCCCCCC(=O)CCCCC(=O)OC. The number of hydrogen-bond acceptors (Lipinski definition) is 3. The maximum Gasteiger partial charge on any atom is 0.305 e. The second-order valence-corrected chi connectivity index (χ2v) is 4.49. The predicted molar refractivity (Wildman–Crippen MR) is 68.9 cm³/mol. The van der Waals surface area contributed by atoms with Crippen molar-refractivity contribution < 1.29 is 14.3 Å². The van der Waals surface area contributed by atoms with E-state index in [0.717, 1.165) is 19.3 Å². The number of carbonyl (C=O) groups is 2. The third kappa shape index (κ3) is 11.4. The third-order valence-corrected chi connectivity index (χ3v) is 2.87. The van der Waals surface area contributed by atoms with E-state index in [0.29, 0.717) is 25.0 Å². The summed E-state index contributed by atoms with van der Waals surface area (Å²) in [4.78, 5) is 22.3. The van der Waals surface area contributed by atoms with Crippen LogP contribution in [0.4, 0.5) is 0 Å². The van der Waals surface area contributed by atoms with Crippen LogP contribution in [0.5, 0.6) is 0 Å². The lowest BCUT2D eigenvalue weighted by Crippen LogP contribution is -2.01. The summed E-state index contributed by atoms with van der Waals surface area (Å²) < 4.78 is 4.54. The molecule has 0 bridgehead atoms. The Balaban J connectivity index is 3.26. The van der Waals surface area contributed by atoms with Crippen molar-refractivity contribution in [3.63, 3.8) is 0 Å². The summed E-state index contributed by atoms with van der Waals surface area (Å²) in [5, 5.41) is 0. The Hall–Kier alpha value is -0.860. The van der Waals surface area contributed by atoms with Crippen LogP contribution in [-0.4, -0.2) is 18.9 Å². The van der Waals surface area contributed by atoms with Crippen molar-refractivity contribution in [3.8, 4) is 0 Å². The lowest BCUT2D eigenvalue weighted by Gasteiger charge is -2.01. The molecular formula is C14H26O3. The maximum absolute atomic E-state index is 11.5. The Morgan fingerprint density at radius 2 is 1.35 bits per heavy atom. The van der Waals surface area contributed by atoms with Crippen LogP contribution >= 0.6 is 0 Å². The smallest absolute Gasteiger partial charge is 0.305 e. The van der Waals surface area contributed by atoms with Crippen LogP contribution in [0.3, 0.4) is 0 Å². The van der Waals surface area contributed by atoms with Crippen molar-refractivity contribution in [2.24, 2.45) is 0 Å². The van der Waals surface area contributed by atoms with Gasteiger partial charge in [-0.05, 0) is 19.3 Å². The highest BCUT2D eigenvalue weighted by atomic mass is 16.5. The molecule has 0 aromatic heterocycles. The first-order valence-corrected chi connectivity index (χ1v) is 6.79. The molecule has 3 heteroatoms. The molecule has 0 atom stereocenters. The van der Waals surface area contributed by atoms with Crippen molar-refractivity contribution in [2.45, 2.75) is 71.1 Å². The van der Waals surface area contributed by atoms with E-state index in [1.165, 1.54) is 32.8 Å². The monoisotopic (exact) mass is 242 g/mol. The van der Waals surface area contributed by atoms with Gasteiger partial charge in [0.25, 0.3) is 0 Å². The summed E-state index contributed by atoms with van der Waals surface area (Å²) in [6.07, 6.45) is 9.27. The van der Waals surface area contributed by atoms with Gasteiger partial charge in [-0.2, -0.15) is 0 Å². The highest BCUT2D eigenvalue weighted by Gasteiger charge is 2.04. The maximum atomic E-state index is 11.5. The molecule has 0 unspecified atom stereocenters. The normalized spacial score (nSPS) is 10.2. The van der Waals surface area contributed by atoms with Gasteiger partial charge in [0.1, 0.15) is 5.78 Å². The molecule has 0 fully saturated rings. The molecule has 3 nitrogen and oxygen atoms in total. The van der Waals surface area contributed by atoms with Gasteiger partial charge in [-0.25, -0.2) is 0 Å². The Morgan fingerprint density at radius 3 is 1.94 bits per heavy atom. The van der Waals surface area contributed by atoms with Gasteiger partial charge in [0.05, 0.1) is 7.11 Å². The zero-order valence-corrected chi connectivity index (χ0v) is 11.3. The van der Waals surface area contributed by atoms with Gasteiger partial charge >= 0.3 is 5.97 Å². The van der Waals surface area contributed by atoms with Crippen LogP contribution < -0.4 is 0 Å². The lowest BCUT2D eigenvalue weighted by molar-refractivity contribution is -0.140.